The van der Waals surface area contributed by atoms with Gasteiger partial charge in [0.2, 0.25) is 6.79 Å². The second kappa shape index (κ2) is 5.48. The Hall–Kier alpha value is -2.76. The Bertz CT molecular complexity index is 616. The number of hydrogen-bond acceptors (Lipinski definition) is 4. The Morgan fingerprint density at radius 3 is 2.80 bits per heavy atom. The van der Waals surface area contributed by atoms with Gasteiger partial charge in [0, 0.05) is 24.6 Å². The fourth-order valence-corrected chi connectivity index (χ4v) is 1.84. The first-order valence-corrected chi connectivity index (χ1v) is 6.15. The summed E-state index contributed by atoms with van der Waals surface area (Å²) in [6, 6.07) is 8.75. The number of pyridine rings is 1. The molecule has 0 spiro atoms. The number of rotatable bonds is 3. The molecule has 20 heavy (non-hydrogen) atoms. The third-order valence-electron chi connectivity index (χ3n) is 2.83. The SMILES string of the molecule is O=C(NCc1ccc2c(c1)OCO2)Nc1ccncc1. The maximum Gasteiger partial charge on any atom is 0.319 e. The summed E-state index contributed by atoms with van der Waals surface area (Å²) in [7, 11) is 0. The van der Waals surface area contributed by atoms with Crippen molar-refractivity contribution in [2.24, 2.45) is 0 Å². The van der Waals surface area contributed by atoms with Crippen molar-refractivity contribution in [1.82, 2.24) is 10.3 Å². The maximum absolute atomic E-state index is 11.7. The zero-order valence-corrected chi connectivity index (χ0v) is 10.6. The van der Waals surface area contributed by atoms with E-state index in [1.165, 1.54) is 0 Å². The van der Waals surface area contributed by atoms with E-state index in [-0.39, 0.29) is 12.8 Å². The number of anilines is 1. The maximum atomic E-state index is 11.7. The van der Waals surface area contributed by atoms with Crippen LogP contribution in [0.3, 0.4) is 0 Å². The number of fused-ring (bicyclic) bond motifs is 1. The molecule has 6 nitrogen and oxygen atoms in total. The molecule has 0 atom stereocenters. The summed E-state index contributed by atoms with van der Waals surface area (Å²) in [6.07, 6.45) is 3.24. The van der Waals surface area contributed by atoms with Gasteiger partial charge in [-0.3, -0.25) is 4.98 Å². The third-order valence-corrected chi connectivity index (χ3v) is 2.83. The number of aromatic nitrogens is 1. The molecule has 1 aliphatic heterocycles. The van der Waals surface area contributed by atoms with Crippen LogP contribution < -0.4 is 20.1 Å². The summed E-state index contributed by atoms with van der Waals surface area (Å²) in [5.74, 6) is 1.44. The molecule has 0 saturated carbocycles. The molecule has 2 aromatic rings. The van der Waals surface area contributed by atoms with Crippen LogP contribution in [-0.2, 0) is 6.54 Å². The largest absolute Gasteiger partial charge is 0.454 e. The predicted octanol–water partition coefficient (Wildman–Crippen LogP) is 2.13. The minimum atomic E-state index is -0.270. The molecular formula is C14H13N3O3. The molecule has 0 aliphatic carbocycles. The summed E-state index contributed by atoms with van der Waals surface area (Å²) in [5.41, 5.74) is 1.64. The second-order valence-corrected chi connectivity index (χ2v) is 4.23. The van der Waals surface area contributed by atoms with E-state index >= 15 is 0 Å². The van der Waals surface area contributed by atoms with Crippen LogP contribution in [0.4, 0.5) is 10.5 Å². The van der Waals surface area contributed by atoms with Crippen LogP contribution >= 0.6 is 0 Å². The lowest BCUT2D eigenvalue weighted by Crippen LogP contribution is -2.28. The Morgan fingerprint density at radius 1 is 1.15 bits per heavy atom. The molecule has 2 heterocycles. The molecular weight excluding hydrogens is 258 g/mol. The van der Waals surface area contributed by atoms with Crippen molar-refractivity contribution in [3.63, 3.8) is 0 Å². The Morgan fingerprint density at radius 2 is 1.95 bits per heavy atom. The highest BCUT2D eigenvalue weighted by Gasteiger charge is 2.13. The van der Waals surface area contributed by atoms with E-state index in [0.29, 0.717) is 18.0 Å². The zero-order chi connectivity index (χ0) is 13.8. The Kier molecular flexibility index (Phi) is 3.36. The number of hydrogen-bond donors (Lipinski definition) is 2. The van der Waals surface area contributed by atoms with Crippen LogP contribution in [0.1, 0.15) is 5.56 Å². The monoisotopic (exact) mass is 271 g/mol. The van der Waals surface area contributed by atoms with Gasteiger partial charge in [0.1, 0.15) is 0 Å². The van der Waals surface area contributed by atoms with Crippen molar-refractivity contribution >= 4 is 11.7 Å². The molecule has 1 aromatic heterocycles. The number of benzene rings is 1. The number of amides is 2. The highest BCUT2D eigenvalue weighted by molar-refractivity contribution is 5.89. The highest BCUT2D eigenvalue weighted by atomic mass is 16.7. The average Bonchev–Trinajstić information content (AvgIpc) is 2.93. The normalized spacial score (nSPS) is 12.0. The third kappa shape index (κ3) is 2.80. The Labute approximate surface area is 115 Å². The highest BCUT2D eigenvalue weighted by Crippen LogP contribution is 2.32. The molecule has 1 aromatic carbocycles. The van der Waals surface area contributed by atoms with Crippen LogP contribution in [0, 0.1) is 0 Å². The van der Waals surface area contributed by atoms with E-state index in [0.717, 1.165) is 11.3 Å². The van der Waals surface area contributed by atoms with Gasteiger partial charge >= 0.3 is 6.03 Å². The van der Waals surface area contributed by atoms with E-state index in [1.807, 2.05) is 18.2 Å². The zero-order valence-electron chi connectivity index (χ0n) is 10.6. The van der Waals surface area contributed by atoms with Crippen LogP contribution in [0.15, 0.2) is 42.7 Å². The summed E-state index contributed by atoms with van der Waals surface area (Å²) in [6.45, 7) is 0.655. The molecule has 0 unspecified atom stereocenters. The van der Waals surface area contributed by atoms with Crippen molar-refractivity contribution in [2.45, 2.75) is 6.54 Å². The van der Waals surface area contributed by atoms with Crippen molar-refractivity contribution in [1.29, 1.82) is 0 Å². The molecule has 1 aliphatic rings. The van der Waals surface area contributed by atoms with Gasteiger partial charge in [0.15, 0.2) is 11.5 Å². The molecule has 0 saturated heterocycles. The molecule has 3 rings (SSSR count). The van der Waals surface area contributed by atoms with E-state index in [9.17, 15) is 4.79 Å². The van der Waals surface area contributed by atoms with Gasteiger partial charge in [-0.15, -0.1) is 0 Å². The smallest absolute Gasteiger partial charge is 0.319 e. The number of ether oxygens (including phenoxy) is 2. The summed E-state index contributed by atoms with van der Waals surface area (Å²) in [4.78, 5) is 15.6. The minimum absolute atomic E-state index is 0.245. The van der Waals surface area contributed by atoms with Crippen LogP contribution in [-0.4, -0.2) is 17.8 Å². The number of nitrogens with one attached hydrogen (secondary N) is 2. The van der Waals surface area contributed by atoms with E-state index < -0.39 is 0 Å². The van der Waals surface area contributed by atoms with E-state index in [2.05, 4.69) is 15.6 Å². The summed E-state index contributed by atoms with van der Waals surface area (Å²) >= 11 is 0. The molecule has 6 heteroatoms. The van der Waals surface area contributed by atoms with Gasteiger partial charge in [-0.1, -0.05) is 6.07 Å². The van der Waals surface area contributed by atoms with Gasteiger partial charge in [0.05, 0.1) is 0 Å². The van der Waals surface area contributed by atoms with Gasteiger partial charge in [0.25, 0.3) is 0 Å². The van der Waals surface area contributed by atoms with Crippen LogP contribution in [0.5, 0.6) is 11.5 Å². The van der Waals surface area contributed by atoms with Crippen LogP contribution in [0.2, 0.25) is 0 Å². The van der Waals surface area contributed by atoms with Gasteiger partial charge in [-0.25, -0.2) is 4.79 Å². The molecule has 0 fully saturated rings. The van der Waals surface area contributed by atoms with Gasteiger partial charge in [-0.05, 0) is 29.8 Å². The van der Waals surface area contributed by atoms with Crippen molar-refractivity contribution in [3.8, 4) is 11.5 Å². The Balaban J connectivity index is 1.55. The molecule has 2 N–H and O–H groups in total. The fourth-order valence-electron chi connectivity index (χ4n) is 1.84. The number of urea groups is 1. The van der Waals surface area contributed by atoms with Crippen molar-refractivity contribution in [3.05, 3.63) is 48.3 Å². The fraction of sp³-hybridized carbons (Fsp3) is 0.143. The standard InChI is InChI=1S/C14H13N3O3/c18-14(17-11-3-5-15-6-4-11)16-8-10-1-2-12-13(7-10)20-9-19-12/h1-7H,8-9H2,(H2,15,16,17,18). The van der Waals surface area contributed by atoms with E-state index in [4.69, 9.17) is 9.47 Å². The first-order chi connectivity index (χ1) is 9.81. The van der Waals surface area contributed by atoms with Gasteiger partial charge in [-0.2, -0.15) is 0 Å². The van der Waals surface area contributed by atoms with Crippen molar-refractivity contribution < 1.29 is 14.3 Å². The lowest BCUT2D eigenvalue weighted by molar-refractivity contribution is 0.174. The molecule has 2 amide bonds. The molecule has 0 bridgehead atoms. The van der Waals surface area contributed by atoms with E-state index in [1.54, 1.807) is 24.5 Å². The summed E-state index contributed by atoms with van der Waals surface area (Å²) < 4.78 is 10.5. The predicted molar refractivity (Wildman–Crippen MR) is 72.7 cm³/mol. The lowest BCUT2D eigenvalue weighted by atomic mass is 10.2. The van der Waals surface area contributed by atoms with Crippen LogP contribution in [0.25, 0.3) is 0 Å². The van der Waals surface area contributed by atoms with Crippen molar-refractivity contribution in [2.75, 3.05) is 12.1 Å². The number of carbonyl (C=O) groups excluding carboxylic acids is 1. The first kappa shape index (κ1) is 12.3. The second-order valence-electron chi connectivity index (χ2n) is 4.23. The van der Waals surface area contributed by atoms with Gasteiger partial charge < -0.3 is 20.1 Å². The number of carbonyl (C=O) groups is 1. The summed E-state index contributed by atoms with van der Waals surface area (Å²) in [5, 5.41) is 5.49. The molecule has 102 valence electrons. The number of nitrogens with zero attached hydrogens (tertiary/aromatic N) is 1. The lowest BCUT2D eigenvalue weighted by Gasteiger charge is -2.08. The topological polar surface area (TPSA) is 72.5 Å². The quantitative estimate of drug-likeness (QED) is 0.897. The first-order valence-electron chi connectivity index (χ1n) is 6.15. The minimum Gasteiger partial charge on any atom is -0.454 e. The molecule has 0 radical (unpaired) electrons. The average molecular weight is 271 g/mol.